The van der Waals surface area contributed by atoms with Crippen LogP contribution in [0.1, 0.15) is 43.7 Å². The Morgan fingerprint density at radius 3 is 2.71 bits per heavy atom. The van der Waals surface area contributed by atoms with Gasteiger partial charge in [0.15, 0.2) is 0 Å². The lowest BCUT2D eigenvalue weighted by Gasteiger charge is -2.35. The molecule has 1 saturated carbocycles. The van der Waals surface area contributed by atoms with Crippen molar-refractivity contribution in [3.8, 4) is 5.75 Å². The van der Waals surface area contributed by atoms with Crippen molar-refractivity contribution in [3.05, 3.63) is 29.8 Å². The number of ether oxygens (including phenoxy) is 2. The topological polar surface area (TPSA) is 62.8 Å². The summed E-state index contributed by atoms with van der Waals surface area (Å²) in [4.78, 5) is 15.3. The van der Waals surface area contributed by atoms with Gasteiger partial charge in [-0.15, -0.1) is 0 Å². The van der Waals surface area contributed by atoms with Crippen molar-refractivity contribution in [2.24, 2.45) is 5.92 Å². The number of carbonyl (C=O) groups is 1. The Morgan fingerprint density at radius 1 is 1.25 bits per heavy atom. The van der Waals surface area contributed by atoms with Crippen LogP contribution in [0.25, 0.3) is 0 Å². The Bertz CT molecular complexity index is 631. The summed E-state index contributed by atoms with van der Waals surface area (Å²) in [6.07, 6.45) is 6.08. The standard InChI is InChI=1S/C22H33N3O3/c1-27-18-8-6-16(7-9-18)21(25-10-12-28-13-11-25)15-23-22(26)20-14-17-4-2-3-5-19(17)24-20/h6-9,17,19-21,24H,2-5,10-15H2,1H3,(H,23,26). The molecule has 3 aliphatic rings. The smallest absolute Gasteiger partial charge is 0.237 e. The van der Waals surface area contributed by atoms with E-state index in [2.05, 4.69) is 27.7 Å². The molecule has 1 amide bonds. The number of nitrogens with one attached hydrogen (secondary N) is 2. The quantitative estimate of drug-likeness (QED) is 0.783. The van der Waals surface area contributed by atoms with Gasteiger partial charge in [-0.1, -0.05) is 25.0 Å². The van der Waals surface area contributed by atoms with E-state index in [1.807, 2.05) is 12.1 Å². The molecular weight excluding hydrogens is 354 g/mol. The summed E-state index contributed by atoms with van der Waals surface area (Å²) >= 11 is 0. The van der Waals surface area contributed by atoms with E-state index in [9.17, 15) is 4.79 Å². The van der Waals surface area contributed by atoms with Crippen molar-refractivity contribution in [1.82, 2.24) is 15.5 Å². The van der Waals surface area contributed by atoms with E-state index in [1.54, 1.807) is 7.11 Å². The van der Waals surface area contributed by atoms with Gasteiger partial charge in [0, 0.05) is 25.7 Å². The van der Waals surface area contributed by atoms with Gasteiger partial charge in [0.25, 0.3) is 0 Å². The first kappa shape index (κ1) is 19.7. The second kappa shape index (κ2) is 9.25. The molecular formula is C22H33N3O3. The molecule has 2 aliphatic heterocycles. The van der Waals surface area contributed by atoms with Gasteiger partial charge in [0.2, 0.25) is 5.91 Å². The predicted octanol–water partition coefficient (Wildman–Crippen LogP) is 2.11. The predicted molar refractivity (Wildman–Crippen MR) is 108 cm³/mol. The Hall–Kier alpha value is -1.63. The fraction of sp³-hybridized carbons (Fsp3) is 0.682. The minimum atomic E-state index is -0.0330. The number of fused-ring (bicyclic) bond motifs is 1. The molecule has 0 aromatic heterocycles. The summed E-state index contributed by atoms with van der Waals surface area (Å²) in [5.74, 6) is 1.69. The number of hydrogen-bond donors (Lipinski definition) is 2. The summed E-state index contributed by atoms with van der Waals surface area (Å²) < 4.78 is 10.8. The SMILES string of the molecule is COc1ccc(C(CNC(=O)C2CC3CCCCC3N2)N2CCOCC2)cc1. The molecule has 28 heavy (non-hydrogen) atoms. The normalized spacial score (nSPS) is 29.1. The van der Waals surface area contributed by atoms with Crippen LogP contribution in [0.4, 0.5) is 0 Å². The van der Waals surface area contributed by atoms with Gasteiger partial charge >= 0.3 is 0 Å². The fourth-order valence-electron chi connectivity index (χ4n) is 5.01. The molecule has 2 heterocycles. The molecule has 4 atom stereocenters. The van der Waals surface area contributed by atoms with E-state index in [0.29, 0.717) is 18.5 Å². The molecule has 6 nitrogen and oxygen atoms in total. The van der Waals surface area contributed by atoms with Crippen molar-refractivity contribution >= 4 is 5.91 Å². The van der Waals surface area contributed by atoms with Crippen molar-refractivity contribution in [2.75, 3.05) is 40.0 Å². The van der Waals surface area contributed by atoms with Crippen LogP contribution in [0.2, 0.25) is 0 Å². The number of methoxy groups -OCH3 is 1. The molecule has 3 fully saturated rings. The average Bonchev–Trinajstić information content (AvgIpc) is 3.19. The molecule has 4 rings (SSSR count). The van der Waals surface area contributed by atoms with Crippen LogP contribution in [0.5, 0.6) is 5.75 Å². The van der Waals surface area contributed by atoms with Crippen LogP contribution in [-0.4, -0.2) is 62.8 Å². The molecule has 0 spiro atoms. The zero-order valence-electron chi connectivity index (χ0n) is 16.9. The second-order valence-electron chi connectivity index (χ2n) is 8.29. The molecule has 0 radical (unpaired) electrons. The van der Waals surface area contributed by atoms with Crippen LogP contribution in [-0.2, 0) is 9.53 Å². The highest BCUT2D eigenvalue weighted by atomic mass is 16.5. The van der Waals surface area contributed by atoms with Gasteiger partial charge in [0.1, 0.15) is 5.75 Å². The zero-order valence-corrected chi connectivity index (χ0v) is 16.9. The van der Waals surface area contributed by atoms with Crippen molar-refractivity contribution in [3.63, 3.8) is 0 Å². The van der Waals surface area contributed by atoms with Crippen molar-refractivity contribution in [1.29, 1.82) is 0 Å². The van der Waals surface area contributed by atoms with Crippen LogP contribution >= 0.6 is 0 Å². The first-order chi connectivity index (χ1) is 13.7. The average molecular weight is 388 g/mol. The lowest BCUT2D eigenvalue weighted by Crippen LogP contribution is -2.47. The molecule has 154 valence electrons. The highest BCUT2D eigenvalue weighted by molar-refractivity contribution is 5.82. The van der Waals surface area contributed by atoms with Crippen LogP contribution in [0.15, 0.2) is 24.3 Å². The summed E-state index contributed by atoms with van der Waals surface area (Å²) in [7, 11) is 1.68. The number of hydrogen-bond acceptors (Lipinski definition) is 5. The first-order valence-electron chi connectivity index (χ1n) is 10.7. The first-order valence-corrected chi connectivity index (χ1v) is 10.7. The van der Waals surface area contributed by atoms with Crippen molar-refractivity contribution < 1.29 is 14.3 Å². The molecule has 0 bridgehead atoms. The van der Waals surface area contributed by atoms with Gasteiger partial charge < -0.3 is 20.1 Å². The third-order valence-electron chi connectivity index (χ3n) is 6.64. The molecule has 1 aliphatic carbocycles. The third-order valence-corrected chi connectivity index (χ3v) is 6.64. The number of nitrogens with zero attached hydrogens (tertiary/aromatic N) is 1. The summed E-state index contributed by atoms with van der Waals surface area (Å²) in [5.41, 5.74) is 1.20. The summed E-state index contributed by atoms with van der Waals surface area (Å²) in [6, 6.07) is 8.86. The van der Waals surface area contributed by atoms with Gasteiger partial charge in [-0.25, -0.2) is 0 Å². The van der Waals surface area contributed by atoms with E-state index in [0.717, 1.165) is 38.5 Å². The summed E-state index contributed by atoms with van der Waals surface area (Å²) in [6.45, 7) is 3.89. The van der Waals surface area contributed by atoms with Crippen LogP contribution in [0.3, 0.4) is 0 Å². The van der Waals surface area contributed by atoms with E-state index in [-0.39, 0.29) is 18.0 Å². The fourth-order valence-corrected chi connectivity index (χ4v) is 5.01. The van der Waals surface area contributed by atoms with Crippen molar-refractivity contribution in [2.45, 2.75) is 50.2 Å². The lowest BCUT2D eigenvalue weighted by molar-refractivity contribution is -0.123. The number of benzene rings is 1. The number of morpholine rings is 1. The van der Waals surface area contributed by atoms with E-state index in [1.165, 1.54) is 31.2 Å². The van der Waals surface area contributed by atoms with E-state index in [4.69, 9.17) is 9.47 Å². The van der Waals surface area contributed by atoms with Gasteiger partial charge in [-0.2, -0.15) is 0 Å². The number of rotatable bonds is 6. The molecule has 2 N–H and O–H groups in total. The monoisotopic (exact) mass is 387 g/mol. The number of carbonyl (C=O) groups excluding carboxylic acids is 1. The number of amides is 1. The Balaban J connectivity index is 1.39. The summed E-state index contributed by atoms with van der Waals surface area (Å²) in [5, 5.41) is 6.83. The Morgan fingerprint density at radius 2 is 2.00 bits per heavy atom. The van der Waals surface area contributed by atoms with Gasteiger partial charge in [0.05, 0.1) is 32.4 Å². The molecule has 1 aromatic rings. The second-order valence-corrected chi connectivity index (χ2v) is 8.29. The van der Waals surface area contributed by atoms with E-state index < -0.39 is 0 Å². The molecule has 2 saturated heterocycles. The maximum absolute atomic E-state index is 12.9. The largest absolute Gasteiger partial charge is 0.497 e. The minimum Gasteiger partial charge on any atom is -0.497 e. The van der Waals surface area contributed by atoms with Gasteiger partial charge in [-0.05, 0) is 42.9 Å². The lowest BCUT2D eigenvalue weighted by atomic mass is 9.85. The molecule has 6 heteroatoms. The van der Waals surface area contributed by atoms with Crippen LogP contribution < -0.4 is 15.4 Å². The molecule has 1 aromatic carbocycles. The maximum Gasteiger partial charge on any atom is 0.237 e. The zero-order chi connectivity index (χ0) is 19.3. The highest BCUT2D eigenvalue weighted by Gasteiger charge is 2.38. The minimum absolute atomic E-state index is 0.0330. The maximum atomic E-state index is 12.9. The van der Waals surface area contributed by atoms with Crippen LogP contribution in [0, 0.1) is 5.92 Å². The molecule has 4 unspecified atom stereocenters. The van der Waals surface area contributed by atoms with E-state index >= 15 is 0 Å². The Labute approximate surface area is 168 Å². The van der Waals surface area contributed by atoms with Gasteiger partial charge in [-0.3, -0.25) is 9.69 Å². The third kappa shape index (κ3) is 4.50. The highest BCUT2D eigenvalue weighted by Crippen LogP contribution is 2.33. The Kier molecular flexibility index (Phi) is 6.50.